The molecule has 1 saturated heterocycles. The zero-order valence-electron chi connectivity index (χ0n) is 13.9. The lowest BCUT2D eigenvalue weighted by Crippen LogP contribution is -2.50. The first kappa shape index (κ1) is 18.3. The third-order valence-corrected chi connectivity index (χ3v) is 5.10. The lowest BCUT2D eigenvalue weighted by Gasteiger charge is -2.31. The molecule has 21 heavy (non-hydrogen) atoms. The lowest BCUT2D eigenvalue weighted by molar-refractivity contribution is -0.145. The van der Waals surface area contributed by atoms with Crippen molar-refractivity contribution >= 4 is 23.6 Å². The molecule has 0 N–H and O–H groups in total. The summed E-state index contributed by atoms with van der Waals surface area (Å²) < 4.78 is 0. The molecule has 1 aliphatic rings. The average Bonchev–Trinajstić information content (AvgIpc) is 2.96. The highest BCUT2D eigenvalue weighted by Gasteiger charge is 2.38. The van der Waals surface area contributed by atoms with E-state index in [1.54, 1.807) is 11.8 Å². The number of carbonyl (C=O) groups is 2. The number of hydrogen-bond acceptors (Lipinski definition) is 3. The summed E-state index contributed by atoms with van der Waals surface area (Å²) in [6.07, 6.45) is 3.63. The Morgan fingerprint density at radius 3 is 2.19 bits per heavy atom. The summed E-state index contributed by atoms with van der Waals surface area (Å²) in [5, 5.41) is 0. The summed E-state index contributed by atoms with van der Waals surface area (Å²) >= 11 is 1.70. The first-order chi connectivity index (χ1) is 10.1. The lowest BCUT2D eigenvalue weighted by atomic mass is 10.0. The molecule has 1 heterocycles. The van der Waals surface area contributed by atoms with Crippen LogP contribution < -0.4 is 0 Å². The molecule has 122 valence electrons. The highest BCUT2D eigenvalue weighted by Crippen LogP contribution is 2.26. The molecule has 5 heteroatoms. The standard InChI is InChI=1S/C16H30N2O2S/c1-5-9-17(10-6-2)16(20)14-11-21-12-18(14)15(19)13(7-3)8-4/h13-14H,5-12H2,1-4H3. The number of rotatable bonds is 8. The van der Waals surface area contributed by atoms with Crippen LogP contribution in [-0.4, -0.2) is 52.4 Å². The zero-order valence-corrected chi connectivity index (χ0v) is 14.7. The summed E-state index contributed by atoms with van der Waals surface area (Å²) in [6.45, 7) is 9.86. The SMILES string of the molecule is CCCN(CCC)C(=O)C1CSCN1C(=O)C(CC)CC. The van der Waals surface area contributed by atoms with Crippen molar-refractivity contribution in [2.75, 3.05) is 24.7 Å². The van der Waals surface area contributed by atoms with E-state index in [-0.39, 0.29) is 23.8 Å². The monoisotopic (exact) mass is 314 g/mol. The van der Waals surface area contributed by atoms with Gasteiger partial charge in [-0.1, -0.05) is 27.7 Å². The quantitative estimate of drug-likeness (QED) is 0.691. The van der Waals surface area contributed by atoms with Crippen molar-refractivity contribution in [1.82, 2.24) is 9.80 Å². The summed E-state index contributed by atoms with van der Waals surface area (Å²) in [7, 11) is 0. The molecule has 0 spiro atoms. The van der Waals surface area contributed by atoms with Gasteiger partial charge in [0.1, 0.15) is 6.04 Å². The molecule has 0 bridgehead atoms. The Morgan fingerprint density at radius 2 is 1.71 bits per heavy atom. The van der Waals surface area contributed by atoms with Crippen LogP contribution in [0.5, 0.6) is 0 Å². The fourth-order valence-corrected chi connectivity index (χ4v) is 3.97. The number of thioether (sulfide) groups is 1. The fourth-order valence-electron chi connectivity index (χ4n) is 2.82. The van der Waals surface area contributed by atoms with Crippen LogP contribution in [0.15, 0.2) is 0 Å². The van der Waals surface area contributed by atoms with Crippen molar-refractivity contribution in [2.45, 2.75) is 59.4 Å². The smallest absolute Gasteiger partial charge is 0.246 e. The number of hydrogen-bond donors (Lipinski definition) is 0. The Hall–Kier alpha value is -0.710. The Kier molecular flexibility index (Phi) is 8.15. The van der Waals surface area contributed by atoms with E-state index in [1.165, 1.54) is 0 Å². The van der Waals surface area contributed by atoms with Crippen molar-refractivity contribution < 1.29 is 9.59 Å². The highest BCUT2D eigenvalue weighted by atomic mass is 32.2. The van der Waals surface area contributed by atoms with E-state index in [1.807, 2.05) is 23.6 Å². The molecule has 1 rings (SSSR count). The van der Waals surface area contributed by atoms with Gasteiger partial charge in [0.2, 0.25) is 11.8 Å². The van der Waals surface area contributed by atoms with Gasteiger partial charge < -0.3 is 9.80 Å². The Labute approximate surface area is 133 Å². The van der Waals surface area contributed by atoms with Crippen LogP contribution in [0.1, 0.15) is 53.4 Å². The van der Waals surface area contributed by atoms with Crippen molar-refractivity contribution in [3.05, 3.63) is 0 Å². The molecular weight excluding hydrogens is 284 g/mol. The molecule has 0 saturated carbocycles. The van der Waals surface area contributed by atoms with Gasteiger partial charge in [0.25, 0.3) is 0 Å². The topological polar surface area (TPSA) is 40.6 Å². The van der Waals surface area contributed by atoms with Crippen LogP contribution in [0.25, 0.3) is 0 Å². The van der Waals surface area contributed by atoms with Crippen molar-refractivity contribution in [2.24, 2.45) is 5.92 Å². The largest absolute Gasteiger partial charge is 0.341 e. The van der Waals surface area contributed by atoms with Gasteiger partial charge in [-0.15, -0.1) is 11.8 Å². The van der Waals surface area contributed by atoms with E-state index in [2.05, 4.69) is 13.8 Å². The summed E-state index contributed by atoms with van der Waals surface area (Å²) in [6, 6.07) is -0.249. The first-order valence-electron chi connectivity index (χ1n) is 8.27. The van der Waals surface area contributed by atoms with E-state index in [0.29, 0.717) is 5.88 Å². The Morgan fingerprint density at radius 1 is 1.14 bits per heavy atom. The van der Waals surface area contributed by atoms with E-state index in [0.717, 1.165) is 44.5 Å². The number of amides is 2. The Bertz CT molecular complexity index is 339. The number of carbonyl (C=O) groups excluding carboxylic acids is 2. The van der Waals surface area contributed by atoms with E-state index < -0.39 is 0 Å². The van der Waals surface area contributed by atoms with Crippen LogP contribution in [0.2, 0.25) is 0 Å². The molecule has 0 aromatic carbocycles. The van der Waals surface area contributed by atoms with Gasteiger partial charge in [-0.2, -0.15) is 0 Å². The third kappa shape index (κ3) is 4.63. The maximum absolute atomic E-state index is 12.8. The first-order valence-corrected chi connectivity index (χ1v) is 9.42. The van der Waals surface area contributed by atoms with Gasteiger partial charge in [0.15, 0.2) is 0 Å². The minimum Gasteiger partial charge on any atom is -0.341 e. The molecule has 4 nitrogen and oxygen atoms in total. The fraction of sp³-hybridized carbons (Fsp3) is 0.875. The molecule has 0 aromatic rings. The Balaban J connectivity index is 2.79. The van der Waals surface area contributed by atoms with Gasteiger partial charge >= 0.3 is 0 Å². The molecular formula is C16H30N2O2S. The molecule has 1 atom stereocenters. The van der Waals surface area contributed by atoms with E-state index in [9.17, 15) is 9.59 Å². The summed E-state index contributed by atoms with van der Waals surface area (Å²) in [5.74, 6) is 1.77. The van der Waals surface area contributed by atoms with Crippen LogP contribution >= 0.6 is 11.8 Å². The van der Waals surface area contributed by atoms with Crippen LogP contribution in [0.3, 0.4) is 0 Å². The normalized spacial score (nSPS) is 18.3. The second kappa shape index (κ2) is 9.34. The predicted octanol–water partition coefficient (Wildman–Crippen LogP) is 2.97. The van der Waals surface area contributed by atoms with Gasteiger partial charge in [-0.3, -0.25) is 9.59 Å². The maximum atomic E-state index is 12.8. The second-order valence-electron chi connectivity index (χ2n) is 5.66. The van der Waals surface area contributed by atoms with Crippen LogP contribution in [0, 0.1) is 5.92 Å². The van der Waals surface area contributed by atoms with Crippen molar-refractivity contribution in [1.29, 1.82) is 0 Å². The second-order valence-corrected chi connectivity index (χ2v) is 6.66. The average molecular weight is 314 g/mol. The molecule has 1 fully saturated rings. The van der Waals surface area contributed by atoms with Gasteiger partial charge in [0.05, 0.1) is 5.88 Å². The predicted molar refractivity (Wildman–Crippen MR) is 89.2 cm³/mol. The van der Waals surface area contributed by atoms with Crippen LogP contribution in [-0.2, 0) is 9.59 Å². The van der Waals surface area contributed by atoms with Gasteiger partial charge in [0, 0.05) is 24.8 Å². The molecule has 1 aliphatic heterocycles. The van der Waals surface area contributed by atoms with Crippen molar-refractivity contribution in [3.63, 3.8) is 0 Å². The zero-order chi connectivity index (χ0) is 15.8. The highest BCUT2D eigenvalue weighted by molar-refractivity contribution is 7.99. The van der Waals surface area contributed by atoms with Gasteiger partial charge in [-0.05, 0) is 25.7 Å². The van der Waals surface area contributed by atoms with E-state index >= 15 is 0 Å². The van der Waals surface area contributed by atoms with E-state index in [4.69, 9.17) is 0 Å². The number of nitrogens with zero attached hydrogens (tertiary/aromatic N) is 2. The minimum absolute atomic E-state index is 0.0600. The molecule has 0 aliphatic carbocycles. The molecule has 2 amide bonds. The molecule has 0 aromatic heterocycles. The molecule has 0 radical (unpaired) electrons. The summed E-state index contributed by atoms with van der Waals surface area (Å²) in [4.78, 5) is 29.1. The summed E-state index contributed by atoms with van der Waals surface area (Å²) in [5.41, 5.74) is 0. The minimum atomic E-state index is -0.249. The van der Waals surface area contributed by atoms with Crippen molar-refractivity contribution in [3.8, 4) is 0 Å². The third-order valence-electron chi connectivity index (χ3n) is 4.08. The molecule has 1 unspecified atom stereocenters. The van der Waals surface area contributed by atoms with Crippen LogP contribution in [0.4, 0.5) is 0 Å². The maximum Gasteiger partial charge on any atom is 0.246 e. The van der Waals surface area contributed by atoms with Gasteiger partial charge in [-0.25, -0.2) is 0 Å².